The third-order valence-electron chi connectivity index (χ3n) is 5.66. The molecule has 1 amide bonds. The summed E-state index contributed by atoms with van der Waals surface area (Å²) in [5, 5.41) is 2.87. The molecule has 3 aromatic rings. The van der Waals surface area contributed by atoms with Crippen LogP contribution in [-0.2, 0) is 21.2 Å². The van der Waals surface area contributed by atoms with Crippen molar-refractivity contribution in [2.75, 3.05) is 24.0 Å². The molecule has 0 aromatic heterocycles. The number of sulfonamides is 1. The van der Waals surface area contributed by atoms with Gasteiger partial charge in [0.25, 0.3) is 10.0 Å². The normalized spacial score (nSPS) is 11.3. The zero-order chi connectivity index (χ0) is 25.3. The van der Waals surface area contributed by atoms with Crippen LogP contribution in [0.2, 0.25) is 0 Å². The third-order valence-corrected chi connectivity index (χ3v) is 7.45. The van der Waals surface area contributed by atoms with Crippen LogP contribution in [0.25, 0.3) is 0 Å². The van der Waals surface area contributed by atoms with Gasteiger partial charge in [-0.05, 0) is 73.2 Å². The van der Waals surface area contributed by atoms with Crippen LogP contribution in [0, 0.1) is 0 Å². The molecule has 0 spiro atoms. The first-order valence-corrected chi connectivity index (χ1v) is 13.4. The highest BCUT2D eigenvalue weighted by atomic mass is 32.2. The zero-order valence-corrected chi connectivity index (χ0v) is 21.4. The molecule has 186 valence electrons. The molecule has 3 rings (SSSR count). The minimum absolute atomic E-state index is 0.149. The Morgan fingerprint density at radius 1 is 0.943 bits per heavy atom. The first-order chi connectivity index (χ1) is 16.8. The Morgan fingerprint density at radius 2 is 1.60 bits per heavy atom. The van der Waals surface area contributed by atoms with Crippen LogP contribution < -0.4 is 14.4 Å². The lowest BCUT2D eigenvalue weighted by Gasteiger charge is -2.24. The second kappa shape index (κ2) is 12.4. The first kappa shape index (κ1) is 26.3. The molecule has 7 heteroatoms. The van der Waals surface area contributed by atoms with E-state index in [0.29, 0.717) is 24.8 Å². The van der Waals surface area contributed by atoms with Crippen molar-refractivity contribution in [3.8, 4) is 5.75 Å². The van der Waals surface area contributed by atoms with Gasteiger partial charge in [-0.3, -0.25) is 9.10 Å². The molecule has 6 nitrogen and oxygen atoms in total. The molecular formula is C28H34N2O4S. The predicted octanol–water partition coefficient (Wildman–Crippen LogP) is 5.15. The van der Waals surface area contributed by atoms with E-state index in [1.165, 1.54) is 4.31 Å². The Bertz CT molecular complexity index is 1180. The molecule has 0 atom stereocenters. The van der Waals surface area contributed by atoms with E-state index in [1.807, 2.05) is 43.3 Å². The summed E-state index contributed by atoms with van der Waals surface area (Å²) in [6, 6.07) is 23.4. The lowest BCUT2D eigenvalue weighted by molar-refractivity contribution is -0.119. The van der Waals surface area contributed by atoms with E-state index < -0.39 is 10.0 Å². The molecule has 0 fully saturated rings. The van der Waals surface area contributed by atoms with Crippen molar-refractivity contribution in [1.29, 1.82) is 0 Å². The van der Waals surface area contributed by atoms with Crippen LogP contribution in [0.1, 0.15) is 44.2 Å². The molecule has 3 aromatic carbocycles. The van der Waals surface area contributed by atoms with E-state index in [2.05, 4.69) is 19.2 Å². The van der Waals surface area contributed by atoms with Gasteiger partial charge in [0.15, 0.2) is 0 Å². The van der Waals surface area contributed by atoms with E-state index in [4.69, 9.17) is 4.74 Å². The molecule has 0 radical (unpaired) electrons. The molecular weight excluding hydrogens is 460 g/mol. The van der Waals surface area contributed by atoms with Gasteiger partial charge in [0.1, 0.15) is 12.3 Å². The standard InChI is InChI=1S/C28H34N2O4S/c1-4-34-26-18-12-23(13-19-26)9-8-20-29-28(31)21-30(25-16-14-24(15-17-25)22(2)3)35(32,33)27-10-6-5-7-11-27/h5-7,10-19,22H,4,8-9,20-21H2,1-3H3,(H,29,31). The van der Waals surface area contributed by atoms with Gasteiger partial charge in [0, 0.05) is 6.54 Å². The maximum atomic E-state index is 13.4. The van der Waals surface area contributed by atoms with Gasteiger partial charge in [0.05, 0.1) is 17.2 Å². The van der Waals surface area contributed by atoms with Crippen molar-refractivity contribution in [2.45, 2.75) is 44.4 Å². The van der Waals surface area contributed by atoms with E-state index in [-0.39, 0.29) is 17.3 Å². The fraction of sp³-hybridized carbons (Fsp3) is 0.321. The van der Waals surface area contributed by atoms with Crippen LogP contribution in [0.5, 0.6) is 5.75 Å². The van der Waals surface area contributed by atoms with Gasteiger partial charge in [-0.1, -0.05) is 56.3 Å². The number of ether oxygens (including phenoxy) is 1. The smallest absolute Gasteiger partial charge is 0.264 e. The second-order valence-electron chi connectivity index (χ2n) is 8.60. The number of carbonyl (C=O) groups excluding carboxylic acids is 1. The molecule has 0 aliphatic rings. The zero-order valence-electron chi connectivity index (χ0n) is 20.6. The van der Waals surface area contributed by atoms with E-state index in [9.17, 15) is 13.2 Å². The number of hydrogen-bond donors (Lipinski definition) is 1. The molecule has 1 N–H and O–H groups in total. The van der Waals surface area contributed by atoms with Crippen molar-refractivity contribution in [3.05, 3.63) is 90.0 Å². The monoisotopic (exact) mass is 494 g/mol. The summed E-state index contributed by atoms with van der Waals surface area (Å²) in [5.41, 5.74) is 2.72. The molecule has 35 heavy (non-hydrogen) atoms. The largest absolute Gasteiger partial charge is 0.494 e. The van der Waals surface area contributed by atoms with E-state index in [0.717, 1.165) is 29.7 Å². The number of aryl methyl sites for hydroxylation is 1. The summed E-state index contributed by atoms with van der Waals surface area (Å²) in [6.07, 6.45) is 1.55. The molecule has 0 unspecified atom stereocenters. The SMILES string of the molecule is CCOc1ccc(CCCNC(=O)CN(c2ccc(C(C)C)cc2)S(=O)(=O)c2ccccc2)cc1. The Hall–Kier alpha value is -3.32. The molecule has 0 bridgehead atoms. The Balaban J connectivity index is 1.66. The first-order valence-electron chi connectivity index (χ1n) is 12.0. The Kier molecular flexibility index (Phi) is 9.32. The highest BCUT2D eigenvalue weighted by Gasteiger charge is 2.27. The fourth-order valence-electron chi connectivity index (χ4n) is 3.69. The maximum absolute atomic E-state index is 13.4. The molecule has 0 heterocycles. The van der Waals surface area contributed by atoms with Gasteiger partial charge in [-0.15, -0.1) is 0 Å². The Morgan fingerprint density at radius 3 is 2.20 bits per heavy atom. The molecule has 0 saturated heterocycles. The van der Waals surface area contributed by atoms with Crippen molar-refractivity contribution in [2.24, 2.45) is 0 Å². The van der Waals surface area contributed by atoms with Crippen molar-refractivity contribution >= 4 is 21.6 Å². The maximum Gasteiger partial charge on any atom is 0.264 e. The quantitative estimate of drug-likeness (QED) is 0.353. The van der Waals surface area contributed by atoms with Gasteiger partial charge in [-0.25, -0.2) is 8.42 Å². The van der Waals surface area contributed by atoms with Crippen LogP contribution in [0.3, 0.4) is 0 Å². The summed E-state index contributed by atoms with van der Waals surface area (Å²) in [7, 11) is -3.90. The third kappa shape index (κ3) is 7.33. The topological polar surface area (TPSA) is 75.7 Å². The van der Waals surface area contributed by atoms with Gasteiger partial charge >= 0.3 is 0 Å². The highest BCUT2D eigenvalue weighted by molar-refractivity contribution is 7.92. The summed E-state index contributed by atoms with van der Waals surface area (Å²) >= 11 is 0. The average Bonchev–Trinajstić information content (AvgIpc) is 2.87. The number of hydrogen-bond acceptors (Lipinski definition) is 4. The Labute approximate surface area is 209 Å². The predicted molar refractivity (Wildman–Crippen MR) is 140 cm³/mol. The molecule has 0 aliphatic heterocycles. The number of benzene rings is 3. The number of nitrogens with one attached hydrogen (secondary N) is 1. The van der Waals surface area contributed by atoms with Crippen LogP contribution in [0.15, 0.2) is 83.8 Å². The van der Waals surface area contributed by atoms with Crippen LogP contribution in [0.4, 0.5) is 5.69 Å². The summed E-state index contributed by atoms with van der Waals surface area (Å²) in [4.78, 5) is 12.9. The lowest BCUT2D eigenvalue weighted by atomic mass is 10.0. The van der Waals surface area contributed by atoms with E-state index >= 15 is 0 Å². The number of nitrogens with zero attached hydrogens (tertiary/aromatic N) is 1. The van der Waals surface area contributed by atoms with Crippen molar-refractivity contribution < 1.29 is 17.9 Å². The summed E-state index contributed by atoms with van der Waals surface area (Å²) < 4.78 is 33.5. The second-order valence-corrected chi connectivity index (χ2v) is 10.5. The average molecular weight is 495 g/mol. The number of carbonyl (C=O) groups is 1. The fourth-order valence-corrected chi connectivity index (χ4v) is 5.13. The highest BCUT2D eigenvalue weighted by Crippen LogP contribution is 2.25. The molecule has 0 saturated carbocycles. The number of rotatable bonds is 12. The van der Waals surface area contributed by atoms with Crippen molar-refractivity contribution in [3.63, 3.8) is 0 Å². The van der Waals surface area contributed by atoms with Gasteiger partial charge in [0.2, 0.25) is 5.91 Å². The van der Waals surface area contributed by atoms with Crippen LogP contribution >= 0.6 is 0 Å². The molecule has 0 aliphatic carbocycles. The van der Waals surface area contributed by atoms with Gasteiger partial charge < -0.3 is 10.1 Å². The van der Waals surface area contributed by atoms with Crippen molar-refractivity contribution in [1.82, 2.24) is 5.32 Å². The lowest BCUT2D eigenvalue weighted by Crippen LogP contribution is -2.41. The minimum Gasteiger partial charge on any atom is -0.494 e. The summed E-state index contributed by atoms with van der Waals surface area (Å²) in [5.74, 6) is 0.816. The number of anilines is 1. The van der Waals surface area contributed by atoms with E-state index in [1.54, 1.807) is 42.5 Å². The number of amides is 1. The minimum atomic E-state index is -3.90. The summed E-state index contributed by atoms with van der Waals surface area (Å²) in [6.45, 7) is 6.90. The van der Waals surface area contributed by atoms with Crippen LogP contribution in [-0.4, -0.2) is 34.0 Å². The van der Waals surface area contributed by atoms with Gasteiger partial charge in [-0.2, -0.15) is 0 Å².